The molecule has 2 aliphatic heterocycles. The maximum absolute atomic E-state index is 6.28. The molecule has 2 N–H and O–H groups in total. The molecule has 0 spiro atoms. The molecule has 0 aliphatic carbocycles. The molecule has 1 atom stereocenters. The summed E-state index contributed by atoms with van der Waals surface area (Å²) in [6, 6.07) is 5.05. The van der Waals surface area contributed by atoms with E-state index in [9.17, 15) is 0 Å². The lowest BCUT2D eigenvalue weighted by molar-refractivity contribution is 0.189. The van der Waals surface area contributed by atoms with Crippen LogP contribution >= 0.6 is 0 Å². The van der Waals surface area contributed by atoms with Gasteiger partial charge in [0.15, 0.2) is 0 Å². The molecule has 1 aromatic carbocycles. The highest BCUT2D eigenvalue weighted by Crippen LogP contribution is 2.45. The predicted molar refractivity (Wildman–Crippen MR) is 145 cm³/mol. The van der Waals surface area contributed by atoms with E-state index in [4.69, 9.17) is 5.73 Å². The fourth-order valence-electron chi connectivity index (χ4n) is 5.02. The van der Waals surface area contributed by atoms with Crippen LogP contribution in [-0.2, 0) is 12.8 Å². The second kappa shape index (κ2) is 9.59. The number of hydrogen-bond acceptors (Lipinski definition) is 3. The minimum atomic E-state index is 0.0973. The number of allylic oxidation sites excluding steroid dienone is 6. The molecule has 0 bridgehead atoms. The lowest BCUT2D eigenvalue weighted by Crippen LogP contribution is -2.45. The second-order valence-electron chi connectivity index (χ2n) is 10.4. The van der Waals surface area contributed by atoms with E-state index in [-0.39, 0.29) is 5.41 Å². The van der Waals surface area contributed by atoms with Gasteiger partial charge >= 0.3 is 0 Å². The minimum Gasteiger partial charge on any atom is -0.402 e. The Kier molecular flexibility index (Phi) is 7.21. The van der Waals surface area contributed by atoms with E-state index >= 15 is 0 Å². The molecule has 3 nitrogen and oxygen atoms in total. The van der Waals surface area contributed by atoms with E-state index in [0.717, 1.165) is 42.5 Å². The van der Waals surface area contributed by atoms with Crippen molar-refractivity contribution in [3.63, 3.8) is 0 Å². The first-order valence-electron chi connectivity index (χ1n) is 12.2. The van der Waals surface area contributed by atoms with Crippen LogP contribution in [0.25, 0.3) is 11.3 Å². The smallest absolute Gasteiger partial charge is 0.0491 e. The van der Waals surface area contributed by atoms with E-state index in [0.29, 0.717) is 6.04 Å². The average molecular weight is 444 g/mol. The molecule has 0 saturated heterocycles. The van der Waals surface area contributed by atoms with Crippen molar-refractivity contribution < 1.29 is 0 Å². The van der Waals surface area contributed by atoms with E-state index in [1.54, 1.807) is 7.05 Å². The number of nitrogens with two attached hydrogens (primary N) is 1. The summed E-state index contributed by atoms with van der Waals surface area (Å²) in [6.45, 7) is 22.1. The van der Waals surface area contributed by atoms with Gasteiger partial charge in [0, 0.05) is 48.0 Å². The van der Waals surface area contributed by atoms with Crippen LogP contribution in [0.2, 0.25) is 0 Å². The second-order valence-corrected chi connectivity index (χ2v) is 10.4. The van der Waals surface area contributed by atoms with Crippen LogP contribution in [0.1, 0.15) is 76.6 Å². The van der Waals surface area contributed by atoms with E-state index < -0.39 is 0 Å². The van der Waals surface area contributed by atoms with Gasteiger partial charge in [-0.1, -0.05) is 60.3 Å². The largest absolute Gasteiger partial charge is 0.402 e. The summed E-state index contributed by atoms with van der Waals surface area (Å²) in [6.07, 6.45) is 10.5. The third-order valence-electron chi connectivity index (χ3n) is 6.84. The van der Waals surface area contributed by atoms with Gasteiger partial charge in [-0.05, 0) is 77.2 Å². The standard InChI is InChI=1S/C30H41N3/c1-10-12-19(3)27-18-33-28(13-20(27)4)25-14-22(11-2)24(26(17-32-9)21(5)31)15-23(25)16-29(33)30(6,7)8/h13-15,17-18,29H,3-4,10-12,16,31H2,1-2,5-9H3. The number of aliphatic imine (C=N–C) groups is 1. The molecule has 2 aliphatic rings. The van der Waals surface area contributed by atoms with Crippen molar-refractivity contribution in [3.8, 4) is 0 Å². The summed E-state index contributed by atoms with van der Waals surface area (Å²) in [4.78, 5) is 6.77. The maximum atomic E-state index is 6.28. The van der Waals surface area contributed by atoms with Crippen molar-refractivity contribution in [3.05, 3.63) is 82.2 Å². The van der Waals surface area contributed by atoms with Gasteiger partial charge in [0.25, 0.3) is 0 Å². The Morgan fingerprint density at radius 2 is 1.97 bits per heavy atom. The lowest BCUT2D eigenvalue weighted by Gasteiger charge is -2.47. The van der Waals surface area contributed by atoms with Crippen LogP contribution in [0.15, 0.2) is 65.0 Å². The molecule has 0 aromatic heterocycles. The Morgan fingerprint density at radius 1 is 1.27 bits per heavy atom. The van der Waals surface area contributed by atoms with Gasteiger partial charge in [0.05, 0.1) is 0 Å². The molecular weight excluding hydrogens is 402 g/mol. The molecule has 33 heavy (non-hydrogen) atoms. The van der Waals surface area contributed by atoms with Crippen molar-refractivity contribution >= 4 is 17.5 Å². The van der Waals surface area contributed by atoms with Gasteiger partial charge in [-0.3, -0.25) is 4.99 Å². The Bertz CT molecular complexity index is 1080. The molecule has 2 heterocycles. The third-order valence-corrected chi connectivity index (χ3v) is 6.84. The molecule has 1 aromatic rings. The fourth-order valence-corrected chi connectivity index (χ4v) is 5.02. The van der Waals surface area contributed by atoms with Crippen molar-refractivity contribution in [2.45, 2.75) is 73.3 Å². The van der Waals surface area contributed by atoms with Gasteiger partial charge in [0.1, 0.15) is 0 Å². The van der Waals surface area contributed by atoms with E-state index in [1.807, 2.05) is 13.1 Å². The Hall–Kier alpha value is -2.81. The van der Waals surface area contributed by atoms with Crippen LogP contribution in [0, 0.1) is 5.41 Å². The zero-order chi connectivity index (χ0) is 24.5. The molecule has 3 rings (SSSR count). The first-order chi connectivity index (χ1) is 15.5. The topological polar surface area (TPSA) is 41.6 Å². The molecule has 0 saturated carbocycles. The van der Waals surface area contributed by atoms with Gasteiger partial charge in [0.2, 0.25) is 0 Å². The van der Waals surface area contributed by atoms with Crippen molar-refractivity contribution in [1.82, 2.24) is 4.90 Å². The number of hydrogen-bond donors (Lipinski definition) is 1. The summed E-state index contributed by atoms with van der Waals surface area (Å²) in [5, 5.41) is 0. The van der Waals surface area contributed by atoms with Crippen molar-refractivity contribution in [2.75, 3.05) is 7.05 Å². The minimum absolute atomic E-state index is 0.0973. The highest BCUT2D eigenvalue weighted by molar-refractivity contribution is 6.11. The molecule has 176 valence electrons. The van der Waals surface area contributed by atoms with Gasteiger partial charge < -0.3 is 10.6 Å². The number of rotatable bonds is 6. The lowest BCUT2D eigenvalue weighted by atomic mass is 9.75. The van der Waals surface area contributed by atoms with Crippen molar-refractivity contribution in [2.24, 2.45) is 16.1 Å². The first kappa shape index (κ1) is 24.8. The van der Waals surface area contributed by atoms with Crippen LogP contribution in [0.5, 0.6) is 0 Å². The predicted octanol–water partition coefficient (Wildman–Crippen LogP) is 7.06. The van der Waals surface area contributed by atoms with Gasteiger partial charge in [-0.15, -0.1) is 0 Å². The number of nitrogens with zero attached hydrogens (tertiary/aromatic N) is 2. The number of benzene rings is 1. The number of fused-ring (bicyclic) bond motifs is 3. The molecule has 0 amide bonds. The molecule has 1 unspecified atom stereocenters. The molecule has 0 fully saturated rings. The SMILES string of the molecule is C=C1C=C2c3cc(CC)c(C(C=NC)=C(C)N)cc3CC(C(C)(C)C)N2C=C1C(=C)CCC. The summed E-state index contributed by atoms with van der Waals surface area (Å²) in [5.74, 6) is 0. The third kappa shape index (κ3) is 4.78. The number of aryl methyl sites for hydroxylation is 1. The molecule has 0 radical (unpaired) electrons. The monoisotopic (exact) mass is 443 g/mol. The van der Waals surface area contributed by atoms with Crippen molar-refractivity contribution in [1.29, 1.82) is 0 Å². The zero-order valence-electron chi connectivity index (χ0n) is 21.7. The first-order valence-corrected chi connectivity index (χ1v) is 12.2. The van der Waals surface area contributed by atoms with E-state index in [1.165, 1.54) is 39.1 Å². The summed E-state index contributed by atoms with van der Waals surface area (Å²) in [7, 11) is 1.80. The van der Waals surface area contributed by atoms with Gasteiger partial charge in [-0.25, -0.2) is 0 Å². The zero-order valence-corrected chi connectivity index (χ0v) is 21.7. The highest BCUT2D eigenvalue weighted by Gasteiger charge is 2.38. The maximum Gasteiger partial charge on any atom is 0.0491 e. The summed E-state index contributed by atoms with van der Waals surface area (Å²) in [5.41, 5.74) is 18.0. The fraction of sp³-hybridized carbons (Fsp3) is 0.433. The van der Waals surface area contributed by atoms with Crippen LogP contribution in [-0.4, -0.2) is 24.2 Å². The quantitative estimate of drug-likeness (QED) is 0.478. The Balaban J connectivity index is 2.23. The average Bonchev–Trinajstić information content (AvgIpc) is 2.74. The van der Waals surface area contributed by atoms with E-state index in [2.05, 4.69) is 82.1 Å². The van der Waals surface area contributed by atoms with Crippen LogP contribution < -0.4 is 5.73 Å². The highest BCUT2D eigenvalue weighted by atomic mass is 15.2. The van der Waals surface area contributed by atoms with Crippen LogP contribution in [0.3, 0.4) is 0 Å². The Labute approximate surface area is 201 Å². The Morgan fingerprint density at radius 3 is 2.52 bits per heavy atom. The summed E-state index contributed by atoms with van der Waals surface area (Å²) < 4.78 is 0. The molecule has 3 heteroatoms. The summed E-state index contributed by atoms with van der Waals surface area (Å²) >= 11 is 0. The normalized spacial score (nSPS) is 19.1. The molecular formula is C30H41N3. The van der Waals surface area contributed by atoms with Gasteiger partial charge in [-0.2, -0.15) is 0 Å². The van der Waals surface area contributed by atoms with Crippen LogP contribution in [0.4, 0.5) is 0 Å².